The molecule has 1 N–H and O–H groups in total. The Balaban J connectivity index is 1.45. The highest BCUT2D eigenvalue weighted by atomic mass is 16.2. The fourth-order valence-corrected chi connectivity index (χ4v) is 3.59. The number of carbonyl (C=O) groups is 1. The lowest BCUT2D eigenvalue weighted by Gasteiger charge is -2.38. The number of hydrogen-bond acceptors (Lipinski definition) is 3. The van der Waals surface area contributed by atoms with E-state index in [2.05, 4.69) is 22.0 Å². The zero-order chi connectivity index (χ0) is 13.9. The molecule has 1 saturated carbocycles. The highest BCUT2D eigenvalue weighted by Gasteiger charge is 2.32. The van der Waals surface area contributed by atoms with Crippen LogP contribution in [0.25, 0.3) is 0 Å². The normalized spacial score (nSPS) is 32.4. The SMILES string of the molecule is CCC1CCNC(C(=O)N2CCN(CC3CC3)CC2)C1. The molecule has 2 unspecified atom stereocenters. The summed E-state index contributed by atoms with van der Waals surface area (Å²) in [5.74, 6) is 2.05. The van der Waals surface area contributed by atoms with E-state index in [1.54, 1.807) is 0 Å². The molecule has 114 valence electrons. The number of amides is 1. The molecule has 1 aliphatic carbocycles. The van der Waals surface area contributed by atoms with Gasteiger partial charge in [0.15, 0.2) is 0 Å². The number of piperazine rings is 1. The van der Waals surface area contributed by atoms with Gasteiger partial charge in [-0.2, -0.15) is 0 Å². The first-order chi connectivity index (χ1) is 9.76. The molecule has 2 atom stereocenters. The zero-order valence-corrected chi connectivity index (χ0v) is 12.8. The van der Waals surface area contributed by atoms with Crippen LogP contribution in [0.5, 0.6) is 0 Å². The molecule has 1 amide bonds. The van der Waals surface area contributed by atoms with E-state index in [0.29, 0.717) is 5.91 Å². The minimum atomic E-state index is 0.0867. The second kappa shape index (κ2) is 6.44. The molecule has 3 aliphatic rings. The van der Waals surface area contributed by atoms with E-state index >= 15 is 0 Å². The monoisotopic (exact) mass is 279 g/mol. The number of rotatable bonds is 4. The third-order valence-corrected chi connectivity index (χ3v) is 5.29. The van der Waals surface area contributed by atoms with E-state index in [-0.39, 0.29) is 6.04 Å². The Kier molecular flexibility index (Phi) is 4.61. The second-order valence-corrected chi connectivity index (χ2v) is 6.87. The van der Waals surface area contributed by atoms with Gasteiger partial charge >= 0.3 is 0 Å². The molecule has 3 rings (SSSR count). The molecule has 0 aromatic rings. The summed E-state index contributed by atoms with van der Waals surface area (Å²) in [6.07, 6.45) is 6.32. The smallest absolute Gasteiger partial charge is 0.239 e. The molecular formula is C16H29N3O. The summed E-state index contributed by atoms with van der Waals surface area (Å²) in [6.45, 7) is 8.53. The summed E-state index contributed by atoms with van der Waals surface area (Å²) >= 11 is 0. The number of piperidine rings is 1. The standard InChI is InChI=1S/C16H29N3O/c1-2-13-5-6-17-15(11-13)16(20)19-9-7-18(8-10-19)12-14-3-4-14/h13-15,17H,2-12H2,1H3. The Morgan fingerprint density at radius 1 is 1.10 bits per heavy atom. The maximum absolute atomic E-state index is 12.6. The average Bonchev–Trinajstić information content (AvgIpc) is 3.31. The van der Waals surface area contributed by atoms with Crippen LogP contribution in [0.3, 0.4) is 0 Å². The molecule has 0 radical (unpaired) electrons. The van der Waals surface area contributed by atoms with E-state index in [1.807, 2.05) is 0 Å². The van der Waals surface area contributed by atoms with E-state index < -0.39 is 0 Å². The molecule has 4 nitrogen and oxygen atoms in total. The van der Waals surface area contributed by atoms with E-state index in [0.717, 1.165) is 51.0 Å². The lowest BCUT2D eigenvalue weighted by atomic mass is 9.90. The number of carbonyl (C=O) groups excluding carboxylic acids is 1. The quantitative estimate of drug-likeness (QED) is 0.843. The summed E-state index contributed by atoms with van der Waals surface area (Å²) < 4.78 is 0. The first-order valence-electron chi connectivity index (χ1n) is 8.50. The van der Waals surface area contributed by atoms with Gasteiger partial charge in [0.05, 0.1) is 6.04 Å². The average molecular weight is 279 g/mol. The van der Waals surface area contributed by atoms with Gasteiger partial charge in [0.1, 0.15) is 0 Å². The van der Waals surface area contributed by atoms with Crippen LogP contribution in [-0.4, -0.2) is 61.0 Å². The predicted molar refractivity (Wildman–Crippen MR) is 80.5 cm³/mol. The van der Waals surface area contributed by atoms with Gasteiger partial charge in [0.25, 0.3) is 0 Å². The Labute approximate surface area is 122 Å². The van der Waals surface area contributed by atoms with Crippen molar-refractivity contribution < 1.29 is 4.79 Å². The van der Waals surface area contributed by atoms with Gasteiger partial charge in [-0.3, -0.25) is 9.69 Å². The van der Waals surface area contributed by atoms with Crippen molar-refractivity contribution in [3.8, 4) is 0 Å². The van der Waals surface area contributed by atoms with Crippen molar-refractivity contribution in [2.75, 3.05) is 39.3 Å². The minimum Gasteiger partial charge on any atom is -0.339 e. The third kappa shape index (κ3) is 3.53. The number of nitrogens with one attached hydrogen (secondary N) is 1. The predicted octanol–water partition coefficient (Wildman–Crippen LogP) is 1.32. The molecule has 4 heteroatoms. The Morgan fingerprint density at radius 3 is 2.50 bits per heavy atom. The van der Waals surface area contributed by atoms with Gasteiger partial charge in [-0.25, -0.2) is 0 Å². The molecule has 20 heavy (non-hydrogen) atoms. The number of nitrogens with zero attached hydrogens (tertiary/aromatic N) is 2. The van der Waals surface area contributed by atoms with Crippen molar-refractivity contribution in [1.82, 2.24) is 15.1 Å². The lowest BCUT2D eigenvalue weighted by Crippen LogP contribution is -2.55. The largest absolute Gasteiger partial charge is 0.339 e. The Morgan fingerprint density at radius 2 is 1.85 bits per heavy atom. The lowest BCUT2D eigenvalue weighted by molar-refractivity contribution is -0.136. The molecule has 2 saturated heterocycles. The molecule has 0 aromatic heterocycles. The highest BCUT2D eigenvalue weighted by molar-refractivity contribution is 5.82. The molecule has 2 aliphatic heterocycles. The highest BCUT2D eigenvalue weighted by Crippen LogP contribution is 2.30. The molecule has 0 bridgehead atoms. The van der Waals surface area contributed by atoms with Crippen LogP contribution in [0.1, 0.15) is 39.0 Å². The molecule has 3 fully saturated rings. The van der Waals surface area contributed by atoms with Crippen molar-refractivity contribution in [2.24, 2.45) is 11.8 Å². The summed E-state index contributed by atoms with van der Waals surface area (Å²) in [4.78, 5) is 17.2. The van der Waals surface area contributed by atoms with Crippen molar-refractivity contribution in [2.45, 2.75) is 45.1 Å². The minimum absolute atomic E-state index is 0.0867. The van der Waals surface area contributed by atoms with Crippen LogP contribution in [0, 0.1) is 11.8 Å². The van der Waals surface area contributed by atoms with Crippen LogP contribution in [0.2, 0.25) is 0 Å². The van der Waals surface area contributed by atoms with Crippen LogP contribution in [0.4, 0.5) is 0 Å². The Bertz CT molecular complexity index is 335. The van der Waals surface area contributed by atoms with Crippen molar-refractivity contribution in [1.29, 1.82) is 0 Å². The summed E-state index contributed by atoms with van der Waals surface area (Å²) in [5, 5.41) is 3.43. The summed E-state index contributed by atoms with van der Waals surface area (Å²) in [6, 6.07) is 0.0867. The van der Waals surface area contributed by atoms with Gasteiger partial charge in [0, 0.05) is 32.7 Å². The number of hydrogen-bond donors (Lipinski definition) is 1. The van der Waals surface area contributed by atoms with Crippen LogP contribution < -0.4 is 5.32 Å². The van der Waals surface area contributed by atoms with Crippen LogP contribution in [-0.2, 0) is 4.79 Å². The molecular weight excluding hydrogens is 250 g/mol. The maximum atomic E-state index is 12.6. The van der Waals surface area contributed by atoms with Crippen molar-refractivity contribution >= 4 is 5.91 Å². The van der Waals surface area contributed by atoms with Gasteiger partial charge < -0.3 is 10.2 Å². The van der Waals surface area contributed by atoms with Gasteiger partial charge in [-0.15, -0.1) is 0 Å². The van der Waals surface area contributed by atoms with Crippen LogP contribution >= 0.6 is 0 Å². The van der Waals surface area contributed by atoms with E-state index in [4.69, 9.17) is 0 Å². The molecule has 0 aromatic carbocycles. The van der Waals surface area contributed by atoms with Crippen molar-refractivity contribution in [3.63, 3.8) is 0 Å². The topological polar surface area (TPSA) is 35.6 Å². The van der Waals surface area contributed by atoms with Gasteiger partial charge in [-0.05, 0) is 44.1 Å². The molecule has 0 spiro atoms. The fourth-order valence-electron chi connectivity index (χ4n) is 3.59. The van der Waals surface area contributed by atoms with Gasteiger partial charge in [-0.1, -0.05) is 13.3 Å². The second-order valence-electron chi connectivity index (χ2n) is 6.87. The first-order valence-corrected chi connectivity index (χ1v) is 8.50. The molecule has 2 heterocycles. The van der Waals surface area contributed by atoms with Crippen molar-refractivity contribution in [3.05, 3.63) is 0 Å². The summed E-state index contributed by atoms with van der Waals surface area (Å²) in [5.41, 5.74) is 0. The first kappa shape index (κ1) is 14.3. The third-order valence-electron chi connectivity index (χ3n) is 5.29. The van der Waals surface area contributed by atoms with Crippen LogP contribution in [0.15, 0.2) is 0 Å². The van der Waals surface area contributed by atoms with E-state index in [9.17, 15) is 4.79 Å². The van der Waals surface area contributed by atoms with Gasteiger partial charge in [0.2, 0.25) is 5.91 Å². The Hall–Kier alpha value is -0.610. The van der Waals surface area contributed by atoms with E-state index in [1.165, 1.54) is 32.2 Å². The maximum Gasteiger partial charge on any atom is 0.239 e. The zero-order valence-electron chi connectivity index (χ0n) is 12.8. The summed E-state index contributed by atoms with van der Waals surface area (Å²) in [7, 11) is 0. The fraction of sp³-hybridized carbons (Fsp3) is 0.938.